The van der Waals surface area contributed by atoms with E-state index in [-0.39, 0.29) is 38.5 Å². The van der Waals surface area contributed by atoms with Gasteiger partial charge >= 0.3 is 0 Å². The Hall–Kier alpha value is -3.50. The second-order valence-corrected chi connectivity index (χ2v) is 6.76. The largest absolute Gasteiger partial charge is 0.198 e. The van der Waals surface area contributed by atoms with E-state index in [1.54, 1.807) is 0 Å². The van der Waals surface area contributed by atoms with Crippen molar-refractivity contribution in [1.82, 2.24) is 0 Å². The molecular weight excluding hydrogens is 348 g/mol. The molecule has 0 fully saturated rings. The van der Waals surface area contributed by atoms with Gasteiger partial charge in [0.2, 0.25) is 0 Å². The van der Waals surface area contributed by atoms with Gasteiger partial charge in [0.25, 0.3) is 0 Å². The van der Waals surface area contributed by atoms with Gasteiger partial charge in [0.05, 0.1) is 36.4 Å². The molecule has 0 aromatic heterocycles. The number of hydrogen-bond donors (Lipinski definition) is 0. The van der Waals surface area contributed by atoms with E-state index in [0.29, 0.717) is 38.5 Å². The maximum absolute atomic E-state index is 9.02. The van der Waals surface area contributed by atoms with E-state index >= 15 is 0 Å². The summed E-state index contributed by atoms with van der Waals surface area (Å²) < 4.78 is 0. The minimum Gasteiger partial charge on any atom is -0.198 e. The van der Waals surface area contributed by atoms with Gasteiger partial charge in [-0.25, -0.2) is 0 Å². The molecule has 0 aromatic carbocycles. The van der Waals surface area contributed by atoms with Crippen LogP contribution in [0.3, 0.4) is 0 Å². The van der Waals surface area contributed by atoms with Crippen molar-refractivity contribution in [3.63, 3.8) is 0 Å². The Morgan fingerprint density at radius 3 is 0.679 bits per heavy atom. The second kappa shape index (κ2) is 14.6. The summed E-state index contributed by atoms with van der Waals surface area (Å²) in [6.45, 7) is 0. The lowest BCUT2D eigenvalue weighted by atomic mass is 9.72. The molecule has 0 atom stereocenters. The van der Waals surface area contributed by atoms with Crippen LogP contribution in [0.15, 0.2) is 0 Å². The fourth-order valence-corrected chi connectivity index (χ4v) is 3.16. The number of hydrogen-bond acceptors (Lipinski definition) is 6. The molecule has 0 spiro atoms. The van der Waals surface area contributed by atoms with Gasteiger partial charge in [0.15, 0.2) is 0 Å². The Morgan fingerprint density at radius 1 is 0.357 bits per heavy atom. The summed E-state index contributed by atoms with van der Waals surface area (Å²) in [6.07, 6.45) is 4.40. The van der Waals surface area contributed by atoms with Gasteiger partial charge in [-0.2, -0.15) is 31.6 Å². The fraction of sp³-hybridized carbons (Fsp3) is 0.636. The van der Waals surface area contributed by atoms with E-state index in [9.17, 15) is 0 Å². The lowest BCUT2D eigenvalue weighted by Crippen LogP contribution is -2.23. The summed E-state index contributed by atoms with van der Waals surface area (Å²) in [5.74, 6) is 6.55. The lowest BCUT2D eigenvalue weighted by Gasteiger charge is -2.30. The van der Waals surface area contributed by atoms with Crippen molar-refractivity contribution in [2.24, 2.45) is 10.8 Å². The van der Waals surface area contributed by atoms with Crippen LogP contribution in [0, 0.1) is 90.7 Å². The molecule has 0 bridgehead atoms. The smallest absolute Gasteiger partial charge is 0.0622 e. The van der Waals surface area contributed by atoms with Crippen molar-refractivity contribution in [3.05, 3.63) is 0 Å². The molecule has 0 unspecified atom stereocenters. The molecule has 0 aromatic rings. The molecule has 6 nitrogen and oxygen atoms in total. The van der Waals surface area contributed by atoms with Crippen LogP contribution in [0.2, 0.25) is 0 Å². The minimum absolute atomic E-state index is 0.271. The summed E-state index contributed by atoms with van der Waals surface area (Å²) >= 11 is 0. The molecule has 0 radical (unpaired) electrons. The first kappa shape index (κ1) is 24.5. The van der Waals surface area contributed by atoms with Crippen molar-refractivity contribution in [2.75, 3.05) is 0 Å². The zero-order chi connectivity index (χ0) is 21.1. The third kappa shape index (κ3) is 9.27. The lowest BCUT2D eigenvalue weighted by molar-refractivity contribution is 0.306. The maximum Gasteiger partial charge on any atom is 0.0622 e. The Morgan fingerprint density at radius 2 is 0.536 bits per heavy atom. The van der Waals surface area contributed by atoms with Crippen molar-refractivity contribution >= 4 is 0 Å². The first-order chi connectivity index (χ1) is 13.6. The molecular formula is C22H24N6. The number of rotatable bonds is 12. The molecule has 0 aliphatic heterocycles. The third-order valence-corrected chi connectivity index (χ3v) is 4.88. The van der Waals surface area contributed by atoms with E-state index in [1.807, 2.05) is 0 Å². The van der Waals surface area contributed by atoms with Crippen molar-refractivity contribution < 1.29 is 0 Å². The summed E-state index contributed by atoms with van der Waals surface area (Å²) in [6, 6.07) is 12.7. The van der Waals surface area contributed by atoms with Crippen LogP contribution in [0.1, 0.15) is 77.0 Å². The quantitative estimate of drug-likeness (QED) is 0.451. The van der Waals surface area contributed by atoms with Gasteiger partial charge in [-0.1, -0.05) is 11.8 Å². The maximum atomic E-state index is 9.02. The molecule has 0 saturated carbocycles. The first-order valence-electron chi connectivity index (χ1n) is 9.33. The Kier molecular flexibility index (Phi) is 12.8. The normalized spacial score (nSPS) is 9.93. The molecule has 28 heavy (non-hydrogen) atoms. The van der Waals surface area contributed by atoms with Crippen LogP contribution >= 0.6 is 0 Å². The van der Waals surface area contributed by atoms with Crippen LogP contribution in [-0.2, 0) is 0 Å². The predicted molar refractivity (Wildman–Crippen MR) is 102 cm³/mol. The highest BCUT2D eigenvalue weighted by Gasteiger charge is 2.31. The highest BCUT2D eigenvalue weighted by Crippen LogP contribution is 2.38. The Balaban J connectivity index is 6.10. The van der Waals surface area contributed by atoms with E-state index in [2.05, 4.69) is 48.3 Å². The monoisotopic (exact) mass is 372 g/mol. The van der Waals surface area contributed by atoms with E-state index < -0.39 is 10.8 Å². The first-order valence-corrected chi connectivity index (χ1v) is 9.33. The van der Waals surface area contributed by atoms with Gasteiger partial charge in [-0.3, -0.25) is 0 Å². The molecule has 142 valence electrons. The molecule has 0 amide bonds. The zero-order valence-electron chi connectivity index (χ0n) is 16.2. The molecule has 0 N–H and O–H groups in total. The van der Waals surface area contributed by atoms with Crippen LogP contribution in [0.5, 0.6) is 0 Å². The van der Waals surface area contributed by atoms with Crippen LogP contribution in [-0.4, -0.2) is 0 Å². The summed E-state index contributed by atoms with van der Waals surface area (Å²) in [7, 11) is 0. The van der Waals surface area contributed by atoms with E-state index in [4.69, 9.17) is 31.6 Å². The second-order valence-electron chi connectivity index (χ2n) is 6.76. The highest BCUT2D eigenvalue weighted by molar-refractivity contribution is 5.21. The molecule has 0 rings (SSSR count). The summed E-state index contributed by atoms with van der Waals surface area (Å²) in [4.78, 5) is 0. The standard InChI is InChI=1S/C22H24N6/c23-15-1-7-21(8-2-16-24,9-3-17-25)13-14-22(10-4-18-26,11-5-19-27)12-6-20-28/h1-12H2. The van der Waals surface area contributed by atoms with Gasteiger partial charge in [-0.05, 0) is 38.5 Å². The number of nitriles is 6. The highest BCUT2D eigenvalue weighted by atomic mass is 14.4. The average Bonchev–Trinajstić information content (AvgIpc) is 2.73. The van der Waals surface area contributed by atoms with E-state index in [1.165, 1.54) is 0 Å². The van der Waals surface area contributed by atoms with Gasteiger partial charge in [0, 0.05) is 49.4 Å². The summed E-state index contributed by atoms with van der Waals surface area (Å²) in [5, 5.41) is 54.1. The average molecular weight is 372 g/mol. The van der Waals surface area contributed by atoms with Crippen LogP contribution in [0.4, 0.5) is 0 Å². The SMILES string of the molecule is N#CCCC(C#CC(CCC#N)(CCC#N)CCC#N)(CCC#N)CCC#N. The van der Waals surface area contributed by atoms with Crippen LogP contribution in [0.25, 0.3) is 0 Å². The zero-order valence-corrected chi connectivity index (χ0v) is 16.2. The van der Waals surface area contributed by atoms with Gasteiger partial charge < -0.3 is 0 Å². The molecule has 0 heterocycles. The van der Waals surface area contributed by atoms with E-state index in [0.717, 1.165) is 0 Å². The van der Waals surface area contributed by atoms with Crippen molar-refractivity contribution in [3.8, 4) is 48.3 Å². The predicted octanol–water partition coefficient (Wildman–Crippen LogP) is 4.79. The molecule has 0 aliphatic rings. The van der Waals surface area contributed by atoms with Gasteiger partial charge in [0.1, 0.15) is 0 Å². The molecule has 0 saturated heterocycles. The molecule has 6 heteroatoms. The molecule has 0 aliphatic carbocycles. The van der Waals surface area contributed by atoms with Gasteiger partial charge in [-0.15, -0.1) is 0 Å². The Bertz CT molecular complexity index is 632. The topological polar surface area (TPSA) is 143 Å². The summed E-state index contributed by atoms with van der Waals surface area (Å²) in [5.41, 5.74) is -1.25. The van der Waals surface area contributed by atoms with Crippen molar-refractivity contribution in [1.29, 1.82) is 31.6 Å². The van der Waals surface area contributed by atoms with Crippen molar-refractivity contribution in [2.45, 2.75) is 77.0 Å². The Labute approximate surface area is 168 Å². The number of nitrogens with zero attached hydrogens (tertiary/aromatic N) is 6. The van der Waals surface area contributed by atoms with Crippen LogP contribution < -0.4 is 0 Å². The third-order valence-electron chi connectivity index (χ3n) is 4.88. The minimum atomic E-state index is -0.627. The fourth-order valence-electron chi connectivity index (χ4n) is 3.16.